The van der Waals surface area contributed by atoms with E-state index in [2.05, 4.69) is 8.37 Å². The maximum atomic E-state index is 13.6. The van der Waals surface area contributed by atoms with E-state index in [0.29, 0.717) is 0 Å². The third-order valence-electron chi connectivity index (χ3n) is 2.36. The molecule has 0 amide bonds. The first-order valence-electron chi connectivity index (χ1n) is 5.85. The molecule has 0 bridgehead atoms. The predicted molar refractivity (Wildman–Crippen MR) is 62.5 cm³/mol. The molecule has 0 spiro atoms. The minimum Gasteiger partial charge on any atom is -0.445 e. The van der Waals surface area contributed by atoms with Gasteiger partial charge in [-0.1, -0.05) is 0 Å². The number of hydrogen-bond donors (Lipinski definition) is 1. The topological polar surface area (TPSA) is 124 Å². The van der Waals surface area contributed by atoms with E-state index in [-0.39, 0.29) is 6.92 Å². The van der Waals surface area contributed by atoms with Gasteiger partial charge in [0.15, 0.2) is 0 Å². The number of alkyl halides is 10. The molecule has 0 fully saturated rings. The largest absolute Gasteiger partial charge is 0.445 e. The molecule has 0 aliphatic rings. The predicted octanol–water partition coefficient (Wildman–Crippen LogP) is 1.27. The summed E-state index contributed by atoms with van der Waals surface area (Å²) in [5.74, 6) is -2.20. The van der Waals surface area contributed by atoms with Crippen molar-refractivity contribution in [2.45, 2.75) is 42.0 Å². The van der Waals surface area contributed by atoms with Crippen LogP contribution < -0.4 is 0 Å². The third-order valence-corrected chi connectivity index (χ3v) is 5.56. The number of ether oxygens (including phenoxy) is 1. The van der Waals surface area contributed by atoms with E-state index >= 15 is 0 Å². The quantitative estimate of drug-likeness (QED) is 0.423. The summed E-state index contributed by atoms with van der Waals surface area (Å²) in [6.45, 7) is 0.0624. The van der Waals surface area contributed by atoms with Crippen molar-refractivity contribution in [3.63, 3.8) is 0 Å². The Bertz CT molecular complexity index is 796. The average Bonchev–Trinajstić information content (AvgIpc) is 2.39. The summed E-state index contributed by atoms with van der Waals surface area (Å²) in [4.78, 5) is 10.4. The third kappa shape index (κ3) is 5.35. The van der Waals surface area contributed by atoms with Crippen LogP contribution in [0.3, 0.4) is 0 Å². The van der Waals surface area contributed by atoms with Gasteiger partial charge in [0.1, 0.15) is 0 Å². The number of carbonyl (C=O) groups excluding carboxylic acids is 1. The lowest BCUT2D eigenvalue weighted by Gasteiger charge is -2.28. The Morgan fingerprint density at radius 1 is 0.786 bits per heavy atom. The molecule has 0 rings (SSSR count). The van der Waals surface area contributed by atoms with Gasteiger partial charge in [-0.2, -0.15) is 60.7 Å². The summed E-state index contributed by atoms with van der Waals surface area (Å²) in [5.41, 5.74) is 0. The Labute approximate surface area is 148 Å². The van der Waals surface area contributed by atoms with Gasteiger partial charge in [0, 0.05) is 6.92 Å². The second-order valence-corrected chi connectivity index (χ2v) is 8.02. The van der Waals surface area contributed by atoms with Gasteiger partial charge in [-0.3, -0.25) is 4.79 Å². The molecule has 0 aromatic heterocycles. The monoisotopic (exact) mass is 484 g/mol. The molecule has 0 aromatic rings. The molecular formula is C8H6F10O8S2. The van der Waals surface area contributed by atoms with Crippen LogP contribution in [-0.2, 0) is 33.4 Å². The van der Waals surface area contributed by atoms with Crippen LogP contribution in [0.5, 0.6) is 0 Å². The molecule has 0 aromatic carbocycles. The minimum absolute atomic E-state index is 0.0624. The van der Waals surface area contributed by atoms with Crippen molar-refractivity contribution in [1.82, 2.24) is 0 Å². The average molecular weight is 484 g/mol. The Morgan fingerprint density at radius 3 is 1.43 bits per heavy atom. The summed E-state index contributed by atoms with van der Waals surface area (Å²) in [7, 11) is -15.4. The van der Waals surface area contributed by atoms with Crippen LogP contribution >= 0.6 is 0 Å². The summed E-state index contributed by atoms with van der Waals surface area (Å²) in [6, 6.07) is 0. The van der Waals surface area contributed by atoms with Crippen molar-refractivity contribution in [3.8, 4) is 0 Å². The van der Waals surface area contributed by atoms with Crippen LogP contribution in [0.2, 0.25) is 0 Å². The lowest BCUT2D eigenvalue weighted by Crippen LogP contribution is -2.55. The van der Waals surface area contributed by atoms with E-state index in [1.807, 2.05) is 0 Å². The van der Waals surface area contributed by atoms with Crippen LogP contribution in [0.25, 0.3) is 0 Å². The van der Waals surface area contributed by atoms with Gasteiger partial charge in [-0.15, -0.1) is 3.63 Å². The first kappa shape index (κ1) is 26.6. The summed E-state index contributed by atoms with van der Waals surface area (Å²) in [6.07, 6.45) is -23.1. The molecule has 2 unspecified atom stereocenters. The van der Waals surface area contributed by atoms with Crippen LogP contribution in [0.4, 0.5) is 43.9 Å². The van der Waals surface area contributed by atoms with Crippen molar-refractivity contribution in [2.24, 2.45) is 0 Å². The number of halogens is 10. The van der Waals surface area contributed by atoms with Crippen LogP contribution in [0.1, 0.15) is 6.92 Å². The second-order valence-electron chi connectivity index (χ2n) is 4.58. The molecule has 1 N–H and O–H groups in total. The van der Waals surface area contributed by atoms with E-state index in [9.17, 15) is 65.5 Å². The van der Waals surface area contributed by atoms with E-state index in [0.717, 1.165) is 0 Å². The van der Waals surface area contributed by atoms with Gasteiger partial charge in [-0.05, 0) is 0 Å². The van der Waals surface area contributed by atoms with Crippen molar-refractivity contribution >= 4 is 26.2 Å². The zero-order valence-electron chi connectivity index (χ0n) is 12.6. The molecule has 8 nitrogen and oxygen atoms in total. The fourth-order valence-corrected chi connectivity index (χ4v) is 3.68. The molecule has 0 aliphatic heterocycles. The Balaban J connectivity index is 6.23. The second kappa shape index (κ2) is 7.44. The van der Waals surface area contributed by atoms with Crippen molar-refractivity contribution in [2.75, 3.05) is 0 Å². The maximum absolute atomic E-state index is 13.6. The van der Waals surface area contributed by atoms with E-state index in [1.54, 1.807) is 0 Å². The standard InChI is InChI=1S/C8H6F10O8S2/c1-2(19)25-4(6(12,13)14)8(17,18)28(23,24)26-27(21,22)7(15,16)3(20)5(9,10)11/h3-4,20H,1H3. The van der Waals surface area contributed by atoms with E-state index in [4.69, 9.17) is 5.11 Å². The summed E-state index contributed by atoms with van der Waals surface area (Å²) >= 11 is 0. The number of aliphatic hydroxyl groups excluding tert-OH is 1. The number of rotatable bonds is 7. The van der Waals surface area contributed by atoms with Crippen molar-refractivity contribution in [1.29, 1.82) is 0 Å². The first-order valence-corrected chi connectivity index (χ1v) is 8.67. The maximum Gasteiger partial charge on any atom is 0.432 e. The Kier molecular flexibility index (Phi) is 7.07. The van der Waals surface area contributed by atoms with Gasteiger partial charge in [0.2, 0.25) is 6.10 Å². The molecule has 0 aliphatic carbocycles. The highest BCUT2D eigenvalue weighted by Crippen LogP contribution is 2.42. The van der Waals surface area contributed by atoms with E-state index in [1.165, 1.54) is 0 Å². The molecule has 0 saturated heterocycles. The highest BCUT2D eigenvalue weighted by molar-refractivity contribution is 8.00. The molecule has 168 valence electrons. The summed E-state index contributed by atoms with van der Waals surface area (Å²) < 4.78 is 176. The fraction of sp³-hybridized carbons (Fsp3) is 0.875. The van der Waals surface area contributed by atoms with Crippen molar-refractivity contribution in [3.05, 3.63) is 0 Å². The molecule has 28 heavy (non-hydrogen) atoms. The zero-order valence-corrected chi connectivity index (χ0v) is 14.2. The van der Waals surface area contributed by atoms with Crippen LogP contribution in [0, 0.1) is 0 Å². The molecule has 2 atom stereocenters. The lowest BCUT2D eigenvalue weighted by molar-refractivity contribution is -0.258. The first-order chi connectivity index (χ1) is 11.9. The molecule has 0 radical (unpaired) electrons. The fourth-order valence-electron chi connectivity index (χ4n) is 1.16. The van der Waals surface area contributed by atoms with Crippen molar-refractivity contribution < 1.29 is 79.0 Å². The normalized spacial score (nSPS) is 17.1. The van der Waals surface area contributed by atoms with Gasteiger partial charge in [0.25, 0.3) is 6.10 Å². The molecule has 20 heteroatoms. The highest BCUT2D eigenvalue weighted by Gasteiger charge is 2.71. The molecule has 0 heterocycles. The van der Waals surface area contributed by atoms with E-state index < -0.39 is 61.3 Å². The van der Waals surface area contributed by atoms with Crippen LogP contribution in [-0.4, -0.2) is 63.0 Å². The SMILES string of the molecule is CC(=O)OC(C(F)(F)F)C(F)(F)S(=O)(=O)OS(=O)(=O)C(F)(F)C(O)C(F)(F)F. The minimum atomic E-state index is -7.68. The highest BCUT2D eigenvalue weighted by atomic mass is 32.3. The lowest BCUT2D eigenvalue weighted by atomic mass is 10.3. The number of aliphatic hydroxyl groups is 1. The molecule has 0 saturated carbocycles. The molecular weight excluding hydrogens is 478 g/mol. The van der Waals surface area contributed by atoms with Gasteiger partial charge in [-0.25, -0.2) is 0 Å². The number of hydrogen-bond acceptors (Lipinski definition) is 8. The number of esters is 1. The zero-order chi connectivity index (χ0) is 23.1. The van der Waals surface area contributed by atoms with Gasteiger partial charge >= 0.3 is 49.1 Å². The van der Waals surface area contributed by atoms with Gasteiger partial charge in [0.05, 0.1) is 0 Å². The van der Waals surface area contributed by atoms with Crippen LogP contribution in [0.15, 0.2) is 0 Å². The Morgan fingerprint density at radius 2 is 1.14 bits per heavy atom. The van der Waals surface area contributed by atoms with Gasteiger partial charge < -0.3 is 9.84 Å². The Hall–Kier alpha value is -1.41. The smallest absolute Gasteiger partial charge is 0.432 e. The summed E-state index contributed by atoms with van der Waals surface area (Å²) in [5, 5.41) is -5.03. The number of carbonyl (C=O) groups is 1.